The fraction of sp³-hybridized carbons (Fsp3) is 0.345. The van der Waals surface area contributed by atoms with E-state index < -0.39 is 11.6 Å². The standard InChI is InChI=1S/C29H28ClNO6/c1-15-11-23-26(27-25(15)22(14-36-27)18-7-9-20(30)10-8-18)16(2)21(29(35)37-23)12-24(32)31-13-17-3-5-19(6-4-17)28(33)34/h7-11,14,17,19H,3-6,12-13H2,1-2H3,(H,31,32)(H,33,34). The molecule has 5 rings (SSSR count). The molecule has 1 saturated carbocycles. The molecule has 1 amide bonds. The Kier molecular flexibility index (Phi) is 6.82. The van der Waals surface area contributed by atoms with E-state index >= 15 is 0 Å². The normalized spacial score (nSPS) is 17.8. The third-order valence-electron chi connectivity index (χ3n) is 7.56. The molecule has 7 nitrogen and oxygen atoms in total. The van der Waals surface area contributed by atoms with Crippen molar-refractivity contribution in [1.82, 2.24) is 5.32 Å². The third-order valence-corrected chi connectivity index (χ3v) is 7.81. The zero-order chi connectivity index (χ0) is 26.3. The second-order valence-corrected chi connectivity index (χ2v) is 10.4. The Hall–Kier alpha value is -3.58. The van der Waals surface area contributed by atoms with Crippen LogP contribution in [-0.2, 0) is 16.0 Å². The van der Waals surface area contributed by atoms with Crippen LogP contribution in [0.1, 0.15) is 42.4 Å². The molecule has 1 fully saturated rings. The van der Waals surface area contributed by atoms with E-state index in [1.165, 1.54) is 0 Å². The van der Waals surface area contributed by atoms with E-state index in [4.69, 9.17) is 25.5 Å². The Morgan fingerprint density at radius 2 is 1.78 bits per heavy atom. The Bertz CT molecular complexity index is 1560. The molecule has 2 N–H and O–H groups in total. The van der Waals surface area contributed by atoms with E-state index in [9.17, 15) is 14.4 Å². The molecule has 1 aliphatic carbocycles. The fourth-order valence-electron chi connectivity index (χ4n) is 5.43. The molecule has 2 heterocycles. The van der Waals surface area contributed by atoms with Crippen molar-refractivity contribution >= 4 is 45.4 Å². The van der Waals surface area contributed by atoms with E-state index in [1.54, 1.807) is 6.26 Å². The molecule has 4 aromatic rings. The van der Waals surface area contributed by atoms with Gasteiger partial charge in [-0.1, -0.05) is 23.7 Å². The lowest BCUT2D eigenvalue weighted by Crippen LogP contribution is -2.34. The maximum Gasteiger partial charge on any atom is 0.340 e. The molecule has 8 heteroatoms. The lowest BCUT2D eigenvalue weighted by Gasteiger charge is -2.26. The minimum Gasteiger partial charge on any atom is -0.481 e. The number of carbonyl (C=O) groups is 2. The summed E-state index contributed by atoms with van der Waals surface area (Å²) < 4.78 is 11.7. The number of nitrogens with one attached hydrogen (secondary N) is 1. The van der Waals surface area contributed by atoms with Gasteiger partial charge in [0.15, 0.2) is 0 Å². The number of aryl methyl sites for hydroxylation is 2. The Balaban J connectivity index is 1.42. The van der Waals surface area contributed by atoms with Crippen LogP contribution in [0.3, 0.4) is 0 Å². The largest absolute Gasteiger partial charge is 0.481 e. The number of fused-ring (bicyclic) bond motifs is 3. The van der Waals surface area contributed by atoms with Crippen molar-refractivity contribution in [3.8, 4) is 11.1 Å². The Morgan fingerprint density at radius 3 is 2.46 bits per heavy atom. The van der Waals surface area contributed by atoms with Crippen LogP contribution in [0.25, 0.3) is 33.1 Å². The first-order valence-corrected chi connectivity index (χ1v) is 12.8. The minimum atomic E-state index is -0.748. The second-order valence-electron chi connectivity index (χ2n) is 9.96. The number of amides is 1. The van der Waals surface area contributed by atoms with Crippen LogP contribution in [0.4, 0.5) is 0 Å². The van der Waals surface area contributed by atoms with Crippen LogP contribution in [0.2, 0.25) is 5.02 Å². The summed E-state index contributed by atoms with van der Waals surface area (Å²) in [6.45, 7) is 4.22. The number of hydrogen-bond acceptors (Lipinski definition) is 5. The van der Waals surface area contributed by atoms with E-state index in [0.717, 1.165) is 34.9 Å². The van der Waals surface area contributed by atoms with Gasteiger partial charge in [0.25, 0.3) is 0 Å². The fourth-order valence-corrected chi connectivity index (χ4v) is 5.55. The molecular weight excluding hydrogens is 494 g/mol. The zero-order valence-electron chi connectivity index (χ0n) is 20.7. The molecule has 2 aromatic heterocycles. The van der Waals surface area contributed by atoms with E-state index in [0.29, 0.717) is 52.1 Å². The number of rotatable bonds is 6. The predicted molar refractivity (Wildman–Crippen MR) is 142 cm³/mol. The molecule has 0 aliphatic heterocycles. The lowest BCUT2D eigenvalue weighted by molar-refractivity contribution is -0.143. The summed E-state index contributed by atoms with van der Waals surface area (Å²) in [6, 6.07) is 9.34. The molecule has 1 aliphatic rings. The highest BCUT2D eigenvalue weighted by Crippen LogP contribution is 2.39. The molecule has 192 valence electrons. The SMILES string of the molecule is Cc1cc2oc(=O)c(CC(=O)NCC3CCC(C(=O)O)CC3)c(C)c2c2occ(-c3ccc(Cl)cc3)c12. The van der Waals surface area contributed by atoms with Gasteiger partial charge in [0, 0.05) is 22.5 Å². The van der Waals surface area contributed by atoms with Gasteiger partial charge in [-0.3, -0.25) is 9.59 Å². The first-order chi connectivity index (χ1) is 17.7. The first-order valence-electron chi connectivity index (χ1n) is 12.5. The average molecular weight is 522 g/mol. The molecule has 37 heavy (non-hydrogen) atoms. The average Bonchev–Trinajstić information content (AvgIpc) is 3.31. The van der Waals surface area contributed by atoms with Crippen LogP contribution in [0, 0.1) is 25.7 Å². The predicted octanol–water partition coefficient (Wildman–Crippen LogP) is 6.03. The zero-order valence-corrected chi connectivity index (χ0v) is 21.5. The molecular formula is C29H28ClNO6. The molecule has 0 spiro atoms. The number of benzene rings is 2. The van der Waals surface area contributed by atoms with Gasteiger partial charge < -0.3 is 19.3 Å². The number of hydrogen-bond donors (Lipinski definition) is 2. The topological polar surface area (TPSA) is 110 Å². The van der Waals surface area contributed by atoms with Gasteiger partial charge in [-0.15, -0.1) is 0 Å². The van der Waals surface area contributed by atoms with Crippen molar-refractivity contribution in [2.75, 3.05) is 6.54 Å². The molecule has 0 radical (unpaired) electrons. The van der Waals surface area contributed by atoms with Crippen LogP contribution in [0.15, 0.2) is 50.2 Å². The van der Waals surface area contributed by atoms with Crippen molar-refractivity contribution in [3.63, 3.8) is 0 Å². The highest BCUT2D eigenvalue weighted by molar-refractivity contribution is 6.30. The number of aliphatic carboxylic acids is 1. The van der Waals surface area contributed by atoms with Gasteiger partial charge in [-0.05, 0) is 80.3 Å². The van der Waals surface area contributed by atoms with Crippen molar-refractivity contribution in [1.29, 1.82) is 0 Å². The van der Waals surface area contributed by atoms with E-state index in [-0.39, 0.29) is 24.2 Å². The maximum absolute atomic E-state index is 12.9. The summed E-state index contributed by atoms with van der Waals surface area (Å²) in [5, 5.41) is 14.3. The second kappa shape index (κ2) is 10.1. The monoisotopic (exact) mass is 521 g/mol. The highest BCUT2D eigenvalue weighted by Gasteiger charge is 2.26. The summed E-state index contributed by atoms with van der Waals surface area (Å²) >= 11 is 6.06. The third kappa shape index (κ3) is 4.88. The molecule has 0 bridgehead atoms. The Morgan fingerprint density at radius 1 is 1.08 bits per heavy atom. The van der Waals surface area contributed by atoms with Gasteiger partial charge in [-0.25, -0.2) is 4.79 Å². The quantitative estimate of drug-likeness (QED) is 0.300. The van der Waals surface area contributed by atoms with Crippen molar-refractivity contribution < 1.29 is 23.5 Å². The maximum atomic E-state index is 12.9. The van der Waals surface area contributed by atoms with Gasteiger partial charge in [0.1, 0.15) is 11.2 Å². The van der Waals surface area contributed by atoms with Crippen LogP contribution in [-0.4, -0.2) is 23.5 Å². The van der Waals surface area contributed by atoms with Gasteiger partial charge >= 0.3 is 11.6 Å². The smallest absolute Gasteiger partial charge is 0.340 e. The van der Waals surface area contributed by atoms with Crippen molar-refractivity contribution in [2.45, 2.75) is 46.0 Å². The summed E-state index contributed by atoms with van der Waals surface area (Å²) in [4.78, 5) is 36.8. The summed E-state index contributed by atoms with van der Waals surface area (Å²) in [5.74, 6) is -1.06. The van der Waals surface area contributed by atoms with Gasteiger partial charge in [0.05, 0.1) is 29.6 Å². The molecule has 0 unspecified atom stereocenters. The number of carboxylic acid groups (broad SMARTS) is 1. The summed E-state index contributed by atoms with van der Waals surface area (Å²) in [6.07, 6.45) is 4.37. The van der Waals surface area contributed by atoms with Crippen molar-refractivity contribution in [2.24, 2.45) is 11.8 Å². The van der Waals surface area contributed by atoms with Crippen LogP contribution >= 0.6 is 11.6 Å². The Labute approximate surface area is 218 Å². The van der Waals surface area contributed by atoms with Gasteiger partial charge in [0.2, 0.25) is 5.91 Å². The minimum absolute atomic E-state index is 0.102. The van der Waals surface area contributed by atoms with E-state index in [2.05, 4.69) is 5.32 Å². The van der Waals surface area contributed by atoms with E-state index in [1.807, 2.05) is 44.2 Å². The molecule has 2 aromatic carbocycles. The number of carbonyl (C=O) groups excluding carboxylic acids is 1. The lowest BCUT2D eigenvalue weighted by atomic mass is 9.82. The van der Waals surface area contributed by atoms with Gasteiger partial charge in [-0.2, -0.15) is 0 Å². The highest BCUT2D eigenvalue weighted by atomic mass is 35.5. The molecule has 0 atom stereocenters. The number of furan rings is 1. The number of halogens is 1. The first kappa shape index (κ1) is 25.1. The summed E-state index contributed by atoms with van der Waals surface area (Å²) in [5.41, 5.74) is 4.23. The van der Waals surface area contributed by atoms with Crippen LogP contribution < -0.4 is 10.9 Å². The molecule has 0 saturated heterocycles. The van der Waals surface area contributed by atoms with Crippen LogP contribution in [0.5, 0.6) is 0 Å². The van der Waals surface area contributed by atoms with Crippen molar-refractivity contribution in [3.05, 3.63) is 68.7 Å². The number of carboxylic acids is 1. The summed E-state index contributed by atoms with van der Waals surface area (Å²) in [7, 11) is 0.